The molecule has 0 aliphatic heterocycles. The zero-order valence-corrected chi connectivity index (χ0v) is 9.57. The van der Waals surface area contributed by atoms with Crippen molar-refractivity contribution < 1.29 is 5.21 Å². The highest BCUT2D eigenvalue weighted by Gasteiger charge is 2.11. The summed E-state index contributed by atoms with van der Waals surface area (Å²) in [6.07, 6.45) is 3.03. The maximum Gasteiger partial charge on any atom is 0.129 e. The topological polar surface area (TPSA) is 57.5 Å². The van der Waals surface area contributed by atoms with E-state index in [1.165, 1.54) is 6.21 Å². The molecule has 1 aromatic rings. The molecule has 2 N–H and O–H groups in total. The largest absolute Gasteiger partial charge is 0.411 e. The summed E-state index contributed by atoms with van der Waals surface area (Å²) in [4.78, 5) is 4.27. The van der Waals surface area contributed by atoms with Crippen molar-refractivity contribution in [2.24, 2.45) is 5.16 Å². The monoisotopic (exact) mass is 207 g/mol. The van der Waals surface area contributed by atoms with Crippen LogP contribution >= 0.6 is 0 Å². The molecule has 0 bridgehead atoms. The number of rotatable bonds is 2. The Labute approximate surface area is 90.0 Å². The molecule has 0 unspecified atom stereocenters. The van der Waals surface area contributed by atoms with Crippen molar-refractivity contribution in [1.29, 1.82) is 0 Å². The van der Waals surface area contributed by atoms with Gasteiger partial charge < -0.3 is 10.5 Å². The van der Waals surface area contributed by atoms with Crippen LogP contribution in [0.5, 0.6) is 0 Å². The molecule has 0 aromatic carbocycles. The van der Waals surface area contributed by atoms with Gasteiger partial charge in [-0.15, -0.1) is 0 Å². The Morgan fingerprint density at radius 2 is 2.13 bits per heavy atom. The molecule has 1 heterocycles. The van der Waals surface area contributed by atoms with Crippen molar-refractivity contribution in [3.05, 3.63) is 23.4 Å². The molecule has 0 saturated heterocycles. The molecule has 15 heavy (non-hydrogen) atoms. The highest BCUT2D eigenvalue weighted by molar-refractivity contribution is 5.79. The van der Waals surface area contributed by atoms with E-state index in [1.54, 1.807) is 6.20 Å². The molecule has 4 nitrogen and oxygen atoms in total. The lowest BCUT2D eigenvalue weighted by molar-refractivity contribution is 0.322. The number of anilines is 1. The highest BCUT2D eigenvalue weighted by atomic mass is 16.4. The van der Waals surface area contributed by atoms with E-state index in [4.69, 9.17) is 5.21 Å². The van der Waals surface area contributed by atoms with E-state index in [9.17, 15) is 0 Å². The third-order valence-corrected chi connectivity index (χ3v) is 1.80. The number of aromatic nitrogens is 1. The van der Waals surface area contributed by atoms with E-state index in [0.717, 1.165) is 16.9 Å². The fourth-order valence-electron chi connectivity index (χ4n) is 1.22. The molecule has 0 amide bonds. The number of aryl methyl sites for hydroxylation is 1. The molecule has 0 spiro atoms. The Balaban J connectivity index is 2.93. The Morgan fingerprint density at radius 1 is 1.47 bits per heavy atom. The van der Waals surface area contributed by atoms with Crippen LogP contribution in [0.2, 0.25) is 0 Å². The summed E-state index contributed by atoms with van der Waals surface area (Å²) >= 11 is 0. The summed E-state index contributed by atoms with van der Waals surface area (Å²) in [5.41, 5.74) is 1.81. The molecule has 0 fully saturated rings. The summed E-state index contributed by atoms with van der Waals surface area (Å²) in [5, 5.41) is 14.7. The van der Waals surface area contributed by atoms with Crippen LogP contribution in [0.15, 0.2) is 17.4 Å². The predicted molar refractivity (Wildman–Crippen MR) is 61.7 cm³/mol. The maximum atomic E-state index is 8.39. The Morgan fingerprint density at radius 3 is 2.60 bits per heavy atom. The minimum absolute atomic E-state index is 0.00958. The first kappa shape index (κ1) is 11.5. The third kappa shape index (κ3) is 3.58. The van der Waals surface area contributed by atoms with Crippen LogP contribution in [0.1, 0.15) is 31.9 Å². The number of hydrogen-bond donors (Lipinski definition) is 2. The van der Waals surface area contributed by atoms with Crippen LogP contribution in [-0.4, -0.2) is 21.9 Å². The van der Waals surface area contributed by atoms with Gasteiger partial charge in [0.1, 0.15) is 5.82 Å². The highest BCUT2D eigenvalue weighted by Crippen LogP contribution is 2.16. The van der Waals surface area contributed by atoms with E-state index in [2.05, 4.69) is 36.2 Å². The minimum atomic E-state index is -0.00958. The van der Waals surface area contributed by atoms with E-state index in [1.807, 2.05) is 13.0 Å². The summed E-state index contributed by atoms with van der Waals surface area (Å²) in [6.45, 7) is 8.21. The summed E-state index contributed by atoms with van der Waals surface area (Å²) in [7, 11) is 0. The summed E-state index contributed by atoms with van der Waals surface area (Å²) in [5.74, 6) is 0.859. The van der Waals surface area contributed by atoms with E-state index in [0.29, 0.717) is 0 Å². The molecule has 0 atom stereocenters. The van der Waals surface area contributed by atoms with Gasteiger partial charge in [-0.25, -0.2) is 4.98 Å². The number of pyridine rings is 1. The second kappa shape index (κ2) is 4.29. The average molecular weight is 207 g/mol. The van der Waals surface area contributed by atoms with Crippen molar-refractivity contribution in [3.8, 4) is 0 Å². The number of hydrogen-bond acceptors (Lipinski definition) is 4. The average Bonchev–Trinajstić information content (AvgIpc) is 2.08. The molecule has 4 heteroatoms. The fourth-order valence-corrected chi connectivity index (χ4v) is 1.22. The van der Waals surface area contributed by atoms with Gasteiger partial charge in [0.25, 0.3) is 0 Å². The van der Waals surface area contributed by atoms with E-state index < -0.39 is 0 Å². The number of nitrogens with one attached hydrogen (secondary N) is 1. The van der Waals surface area contributed by atoms with Gasteiger partial charge in [0, 0.05) is 17.3 Å². The zero-order valence-electron chi connectivity index (χ0n) is 9.57. The van der Waals surface area contributed by atoms with Crippen molar-refractivity contribution in [3.63, 3.8) is 0 Å². The van der Waals surface area contributed by atoms with Gasteiger partial charge in [-0.1, -0.05) is 5.16 Å². The Kier molecular flexibility index (Phi) is 3.29. The van der Waals surface area contributed by atoms with Crippen LogP contribution in [0, 0.1) is 6.92 Å². The van der Waals surface area contributed by atoms with Gasteiger partial charge in [0.15, 0.2) is 0 Å². The van der Waals surface area contributed by atoms with Crippen molar-refractivity contribution >= 4 is 12.0 Å². The molecule has 1 rings (SSSR count). The van der Waals surface area contributed by atoms with E-state index >= 15 is 0 Å². The molecule has 0 aliphatic rings. The van der Waals surface area contributed by atoms with Crippen LogP contribution in [0.25, 0.3) is 0 Å². The number of nitrogens with zero attached hydrogens (tertiary/aromatic N) is 2. The molecule has 0 aliphatic carbocycles. The molecular formula is C11H17N3O. The normalized spacial score (nSPS) is 12.0. The lowest BCUT2D eigenvalue weighted by Gasteiger charge is -2.22. The fraction of sp³-hybridized carbons (Fsp3) is 0.455. The predicted octanol–water partition coefficient (Wildman–Crippen LogP) is 2.41. The van der Waals surface area contributed by atoms with Crippen molar-refractivity contribution in [1.82, 2.24) is 4.98 Å². The number of oxime groups is 1. The van der Waals surface area contributed by atoms with Crippen LogP contribution in [-0.2, 0) is 0 Å². The zero-order chi connectivity index (χ0) is 11.5. The van der Waals surface area contributed by atoms with Crippen LogP contribution < -0.4 is 5.32 Å². The SMILES string of the molecule is Cc1cc(C=NO)cnc1NC(C)(C)C. The van der Waals surface area contributed by atoms with Gasteiger partial charge in [-0.3, -0.25) is 0 Å². The maximum absolute atomic E-state index is 8.39. The third-order valence-electron chi connectivity index (χ3n) is 1.80. The van der Waals surface area contributed by atoms with Crippen molar-refractivity contribution in [2.45, 2.75) is 33.2 Å². The van der Waals surface area contributed by atoms with Crippen molar-refractivity contribution in [2.75, 3.05) is 5.32 Å². The van der Waals surface area contributed by atoms with Gasteiger partial charge >= 0.3 is 0 Å². The Hall–Kier alpha value is -1.58. The lowest BCUT2D eigenvalue weighted by Crippen LogP contribution is -2.27. The second-order valence-electron chi connectivity index (χ2n) is 4.55. The molecular weight excluding hydrogens is 190 g/mol. The quantitative estimate of drug-likeness (QED) is 0.445. The van der Waals surface area contributed by atoms with Gasteiger partial charge in [0.05, 0.1) is 6.21 Å². The second-order valence-corrected chi connectivity index (χ2v) is 4.55. The van der Waals surface area contributed by atoms with Gasteiger partial charge in [0.2, 0.25) is 0 Å². The van der Waals surface area contributed by atoms with Crippen LogP contribution in [0.4, 0.5) is 5.82 Å². The lowest BCUT2D eigenvalue weighted by atomic mass is 10.1. The first-order valence-electron chi connectivity index (χ1n) is 4.84. The van der Waals surface area contributed by atoms with Gasteiger partial charge in [-0.05, 0) is 39.3 Å². The molecule has 0 saturated carbocycles. The molecule has 82 valence electrons. The standard InChI is InChI=1S/C11H17N3O/c1-8-5-9(7-13-15)6-12-10(8)14-11(2,3)4/h5-7,15H,1-4H3,(H,12,14). The van der Waals surface area contributed by atoms with Crippen LogP contribution in [0.3, 0.4) is 0 Å². The minimum Gasteiger partial charge on any atom is -0.411 e. The smallest absolute Gasteiger partial charge is 0.129 e. The first-order valence-corrected chi connectivity index (χ1v) is 4.84. The van der Waals surface area contributed by atoms with Gasteiger partial charge in [-0.2, -0.15) is 0 Å². The molecule has 0 radical (unpaired) electrons. The summed E-state index contributed by atoms with van der Waals surface area (Å²) < 4.78 is 0. The van der Waals surface area contributed by atoms with E-state index in [-0.39, 0.29) is 5.54 Å². The Bertz CT molecular complexity index is 367. The first-order chi connectivity index (χ1) is 6.92. The summed E-state index contributed by atoms with van der Waals surface area (Å²) in [6, 6.07) is 1.92. The molecule has 1 aromatic heterocycles.